The van der Waals surface area contributed by atoms with Gasteiger partial charge in [-0.2, -0.15) is 0 Å². The number of fused-ring (bicyclic) bond motifs is 1. The fourth-order valence-electron chi connectivity index (χ4n) is 2.74. The minimum atomic E-state index is 0.0640. The van der Waals surface area contributed by atoms with E-state index in [2.05, 4.69) is 54.0 Å². The van der Waals surface area contributed by atoms with Gasteiger partial charge in [0.15, 0.2) is 0 Å². The molecule has 0 spiro atoms. The van der Waals surface area contributed by atoms with Gasteiger partial charge in [0.2, 0.25) is 0 Å². The van der Waals surface area contributed by atoms with Gasteiger partial charge in [-0.3, -0.25) is 0 Å². The van der Waals surface area contributed by atoms with Crippen LogP contribution in [0.3, 0.4) is 0 Å². The topological polar surface area (TPSA) is 9.23 Å². The maximum atomic E-state index is 6.46. The van der Waals surface area contributed by atoms with Crippen LogP contribution in [0.25, 0.3) is 0 Å². The first kappa shape index (κ1) is 14.9. The molecule has 0 fully saturated rings. The number of benzene rings is 2. The molecular formula is C18H18BrClO. The molecule has 110 valence electrons. The third-order valence-corrected chi connectivity index (χ3v) is 5.65. The largest absolute Gasteiger partial charge is 0.492 e. The summed E-state index contributed by atoms with van der Waals surface area (Å²) >= 11 is 10.3. The molecule has 0 saturated carbocycles. The summed E-state index contributed by atoms with van der Waals surface area (Å²) in [5.74, 6) is 0.999. The lowest BCUT2D eigenvalue weighted by molar-refractivity contribution is 0.291. The van der Waals surface area contributed by atoms with Crippen LogP contribution in [0, 0.1) is 6.92 Å². The standard InChI is InChI=1S/C18H18BrClO/c1-11-5-4-6-13(17(11)20)16(19)12-7-8-15-14(9-12)18(2,3)10-21-15/h4-9,16H,10H2,1-3H3. The third-order valence-electron chi connectivity index (χ3n) is 4.11. The molecule has 1 heterocycles. The van der Waals surface area contributed by atoms with Crippen molar-refractivity contribution in [2.75, 3.05) is 6.61 Å². The van der Waals surface area contributed by atoms with Crippen LogP contribution in [0.15, 0.2) is 36.4 Å². The van der Waals surface area contributed by atoms with Crippen LogP contribution in [-0.4, -0.2) is 6.61 Å². The molecule has 0 saturated heterocycles. The fraction of sp³-hybridized carbons (Fsp3) is 0.333. The van der Waals surface area contributed by atoms with Crippen molar-refractivity contribution in [3.63, 3.8) is 0 Å². The van der Waals surface area contributed by atoms with Gasteiger partial charge < -0.3 is 4.74 Å². The number of halogens is 2. The zero-order valence-electron chi connectivity index (χ0n) is 12.4. The van der Waals surface area contributed by atoms with E-state index in [1.54, 1.807) is 0 Å². The predicted molar refractivity (Wildman–Crippen MR) is 91.9 cm³/mol. The Bertz CT molecular complexity index is 694. The average Bonchev–Trinajstić information content (AvgIpc) is 2.76. The Kier molecular flexibility index (Phi) is 3.79. The highest BCUT2D eigenvalue weighted by Crippen LogP contribution is 2.43. The molecule has 0 radical (unpaired) electrons. The summed E-state index contributed by atoms with van der Waals surface area (Å²) in [5, 5.41) is 0.829. The minimum absolute atomic E-state index is 0.0640. The van der Waals surface area contributed by atoms with Gasteiger partial charge in [0.25, 0.3) is 0 Å². The number of ether oxygens (including phenoxy) is 1. The Labute approximate surface area is 139 Å². The van der Waals surface area contributed by atoms with E-state index in [0.717, 1.165) is 28.5 Å². The van der Waals surface area contributed by atoms with Crippen molar-refractivity contribution in [3.8, 4) is 5.75 Å². The Morgan fingerprint density at radius 2 is 2.00 bits per heavy atom. The van der Waals surface area contributed by atoms with Crippen LogP contribution in [-0.2, 0) is 5.41 Å². The van der Waals surface area contributed by atoms with Gasteiger partial charge >= 0.3 is 0 Å². The normalized spacial score (nSPS) is 17.2. The van der Waals surface area contributed by atoms with Crippen molar-refractivity contribution >= 4 is 27.5 Å². The van der Waals surface area contributed by atoms with Crippen molar-refractivity contribution in [1.82, 2.24) is 0 Å². The van der Waals surface area contributed by atoms with E-state index in [0.29, 0.717) is 0 Å². The maximum absolute atomic E-state index is 6.46. The van der Waals surface area contributed by atoms with Gasteiger partial charge in [-0.25, -0.2) is 0 Å². The first-order valence-electron chi connectivity index (χ1n) is 7.06. The molecular weight excluding hydrogens is 348 g/mol. The van der Waals surface area contributed by atoms with Crippen molar-refractivity contribution < 1.29 is 4.74 Å². The van der Waals surface area contributed by atoms with Crippen molar-refractivity contribution in [2.24, 2.45) is 0 Å². The summed E-state index contributed by atoms with van der Waals surface area (Å²) < 4.78 is 5.76. The first-order chi connectivity index (χ1) is 9.90. The fourth-order valence-corrected chi connectivity index (χ4v) is 3.77. The molecule has 0 aromatic heterocycles. The van der Waals surface area contributed by atoms with Crippen LogP contribution in [0.4, 0.5) is 0 Å². The lowest BCUT2D eigenvalue weighted by atomic mass is 9.85. The molecule has 0 aliphatic carbocycles. The third kappa shape index (κ3) is 2.60. The Morgan fingerprint density at radius 3 is 2.76 bits per heavy atom. The molecule has 1 atom stereocenters. The summed E-state index contributed by atoms with van der Waals surface area (Å²) in [4.78, 5) is 0.0894. The van der Waals surface area contributed by atoms with Crippen molar-refractivity contribution in [2.45, 2.75) is 31.0 Å². The Morgan fingerprint density at radius 1 is 1.24 bits per heavy atom. The molecule has 2 aromatic rings. The number of alkyl halides is 1. The van der Waals surface area contributed by atoms with Gasteiger partial charge in [0.05, 0.1) is 11.4 Å². The van der Waals surface area contributed by atoms with E-state index in [1.165, 1.54) is 11.1 Å². The summed E-state index contributed by atoms with van der Waals surface area (Å²) in [5.41, 5.74) is 4.75. The van der Waals surface area contributed by atoms with Gasteiger partial charge in [-0.05, 0) is 35.7 Å². The number of rotatable bonds is 2. The van der Waals surface area contributed by atoms with E-state index in [9.17, 15) is 0 Å². The Hall–Kier alpha value is -0.990. The number of hydrogen-bond donors (Lipinski definition) is 0. The molecule has 0 bridgehead atoms. The van der Waals surface area contributed by atoms with Gasteiger partial charge in [0, 0.05) is 16.0 Å². The highest BCUT2D eigenvalue weighted by atomic mass is 79.9. The monoisotopic (exact) mass is 364 g/mol. The highest BCUT2D eigenvalue weighted by Gasteiger charge is 2.32. The molecule has 3 rings (SSSR count). The van der Waals surface area contributed by atoms with Gasteiger partial charge in [0.1, 0.15) is 5.75 Å². The van der Waals surface area contributed by atoms with E-state index in [-0.39, 0.29) is 10.2 Å². The van der Waals surface area contributed by atoms with Crippen molar-refractivity contribution in [1.29, 1.82) is 0 Å². The van der Waals surface area contributed by atoms with Crippen LogP contribution >= 0.6 is 27.5 Å². The number of aryl methyl sites for hydroxylation is 1. The summed E-state index contributed by atoms with van der Waals surface area (Å²) in [6.07, 6.45) is 0. The smallest absolute Gasteiger partial charge is 0.123 e. The molecule has 21 heavy (non-hydrogen) atoms. The zero-order valence-corrected chi connectivity index (χ0v) is 14.8. The zero-order chi connectivity index (χ0) is 15.2. The molecule has 1 nitrogen and oxygen atoms in total. The van der Waals surface area contributed by atoms with E-state index in [4.69, 9.17) is 16.3 Å². The molecule has 1 aliphatic rings. The molecule has 1 aliphatic heterocycles. The van der Waals surface area contributed by atoms with E-state index < -0.39 is 0 Å². The maximum Gasteiger partial charge on any atom is 0.123 e. The highest BCUT2D eigenvalue weighted by molar-refractivity contribution is 9.09. The van der Waals surface area contributed by atoms with Crippen molar-refractivity contribution in [3.05, 3.63) is 63.7 Å². The minimum Gasteiger partial charge on any atom is -0.492 e. The van der Waals surface area contributed by atoms with E-state index in [1.807, 2.05) is 19.1 Å². The van der Waals surface area contributed by atoms with Crippen LogP contribution in [0.5, 0.6) is 5.75 Å². The molecule has 3 heteroatoms. The van der Waals surface area contributed by atoms with Crippen LogP contribution in [0.2, 0.25) is 5.02 Å². The lowest BCUT2D eigenvalue weighted by Crippen LogP contribution is -2.18. The molecule has 2 aromatic carbocycles. The number of hydrogen-bond acceptors (Lipinski definition) is 1. The summed E-state index contributed by atoms with van der Waals surface area (Å²) in [6.45, 7) is 7.20. The van der Waals surface area contributed by atoms with Crippen LogP contribution in [0.1, 0.15) is 40.9 Å². The quantitative estimate of drug-likeness (QED) is 0.611. The second-order valence-electron chi connectivity index (χ2n) is 6.27. The SMILES string of the molecule is Cc1cccc(C(Br)c2ccc3c(c2)C(C)(C)CO3)c1Cl. The average molecular weight is 366 g/mol. The summed E-state index contributed by atoms with van der Waals surface area (Å²) in [7, 11) is 0. The van der Waals surface area contributed by atoms with Gasteiger partial charge in [-0.1, -0.05) is 65.6 Å². The summed E-state index contributed by atoms with van der Waals surface area (Å²) in [6, 6.07) is 12.6. The second kappa shape index (κ2) is 5.33. The lowest BCUT2D eigenvalue weighted by Gasteiger charge is -2.18. The molecule has 0 amide bonds. The second-order valence-corrected chi connectivity index (χ2v) is 7.56. The molecule has 0 N–H and O–H groups in total. The Balaban J connectivity index is 2.03. The molecule has 1 unspecified atom stereocenters. The first-order valence-corrected chi connectivity index (χ1v) is 8.36. The van der Waals surface area contributed by atoms with Crippen LogP contribution < -0.4 is 4.74 Å². The van der Waals surface area contributed by atoms with Gasteiger partial charge in [-0.15, -0.1) is 0 Å². The predicted octanol–water partition coefficient (Wildman–Crippen LogP) is 5.80. The van der Waals surface area contributed by atoms with E-state index >= 15 is 0 Å².